The van der Waals surface area contributed by atoms with Gasteiger partial charge in [0.25, 0.3) is 0 Å². The van der Waals surface area contributed by atoms with Crippen molar-refractivity contribution in [3.63, 3.8) is 0 Å². The number of aromatic nitrogens is 1. The molecule has 1 atom stereocenters. The molecule has 4 rings (SSSR count). The van der Waals surface area contributed by atoms with E-state index in [1.54, 1.807) is 0 Å². The highest BCUT2D eigenvalue weighted by atomic mass is 35.5. The van der Waals surface area contributed by atoms with Gasteiger partial charge in [0.2, 0.25) is 0 Å². The SMILES string of the molecule is Cc1cc(Cl)nc2cc3c(cc12)OC(C)(C)CC3NCCNc1ccccc1. The Morgan fingerprint density at radius 2 is 1.93 bits per heavy atom. The predicted molar refractivity (Wildman–Crippen MR) is 116 cm³/mol. The summed E-state index contributed by atoms with van der Waals surface area (Å²) >= 11 is 6.18. The molecule has 5 heteroatoms. The van der Waals surface area contributed by atoms with E-state index in [-0.39, 0.29) is 11.6 Å². The standard InChI is InChI=1S/C23H26ClN3O/c1-15-11-22(24)27-19-12-18-20(14-23(2,3)28-21(18)13-17(15)19)26-10-9-25-16-7-5-4-6-8-16/h4-8,11-13,20,25-26H,9-10,14H2,1-3H3. The fraction of sp³-hybridized carbons (Fsp3) is 0.348. The number of rotatable bonds is 5. The Balaban J connectivity index is 1.55. The second kappa shape index (κ2) is 7.61. The number of nitrogens with one attached hydrogen (secondary N) is 2. The second-order valence-electron chi connectivity index (χ2n) is 8.03. The van der Waals surface area contributed by atoms with Crippen LogP contribution in [0.2, 0.25) is 5.15 Å². The smallest absolute Gasteiger partial charge is 0.130 e. The van der Waals surface area contributed by atoms with Crippen molar-refractivity contribution in [1.82, 2.24) is 10.3 Å². The Morgan fingerprint density at radius 3 is 2.71 bits per heavy atom. The van der Waals surface area contributed by atoms with Crippen LogP contribution in [0.3, 0.4) is 0 Å². The third kappa shape index (κ3) is 4.08. The van der Waals surface area contributed by atoms with Gasteiger partial charge in [0.15, 0.2) is 0 Å². The number of ether oxygens (including phenoxy) is 1. The second-order valence-corrected chi connectivity index (χ2v) is 8.42. The quantitative estimate of drug-likeness (QED) is 0.442. The van der Waals surface area contributed by atoms with E-state index in [0.717, 1.165) is 53.0 Å². The Bertz CT molecular complexity index is 988. The zero-order valence-corrected chi connectivity index (χ0v) is 17.3. The van der Waals surface area contributed by atoms with Crippen molar-refractivity contribution in [2.75, 3.05) is 18.4 Å². The zero-order chi connectivity index (χ0) is 19.7. The minimum atomic E-state index is -0.223. The molecule has 1 aliphatic heterocycles. The monoisotopic (exact) mass is 395 g/mol. The van der Waals surface area contributed by atoms with Gasteiger partial charge in [-0.25, -0.2) is 4.98 Å². The van der Waals surface area contributed by atoms with Crippen LogP contribution in [0.5, 0.6) is 5.75 Å². The molecule has 4 nitrogen and oxygen atoms in total. The lowest BCUT2D eigenvalue weighted by Gasteiger charge is -2.38. The molecule has 0 spiro atoms. The highest BCUT2D eigenvalue weighted by Gasteiger charge is 2.34. The maximum atomic E-state index is 6.30. The van der Waals surface area contributed by atoms with Crippen LogP contribution < -0.4 is 15.4 Å². The van der Waals surface area contributed by atoms with E-state index >= 15 is 0 Å². The van der Waals surface area contributed by atoms with E-state index < -0.39 is 0 Å². The van der Waals surface area contributed by atoms with E-state index in [4.69, 9.17) is 16.3 Å². The number of nitrogens with zero attached hydrogens (tertiary/aromatic N) is 1. The number of hydrogen-bond acceptors (Lipinski definition) is 4. The summed E-state index contributed by atoms with van der Waals surface area (Å²) in [6.45, 7) is 8.05. The zero-order valence-electron chi connectivity index (χ0n) is 16.6. The highest BCUT2D eigenvalue weighted by molar-refractivity contribution is 6.29. The van der Waals surface area contributed by atoms with E-state index in [0.29, 0.717) is 5.15 Å². The van der Waals surface area contributed by atoms with Crippen LogP contribution in [0.25, 0.3) is 10.9 Å². The third-order valence-corrected chi connectivity index (χ3v) is 5.39. The van der Waals surface area contributed by atoms with Gasteiger partial charge in [0.05, 0.1) is 5.52 Å². The average molecular weight is 396 g/mol. The largest absolute Gasteiger partial charge is 0.487 e. The van der Waals surface area contributed by atoms with Crippen molar-refractivity contribution < 1.29 is 4.74 Å². The van der Waals surface area contributed by atoms with Gasteiger partial charge in [-0.2, -0.15) is 0 Å². The Kier molecular flexibility index (Phi) is 5.17. The van der Waals surface area contributed by atoms with Gasteiger partial charge >= 0.3 is 0 Å². The normalized spacial score (nSPS) is 17.8. The van der Waals surface area contributed by atoms with Gasteiger partial charge in [-0.3, -0.25) is 0 Å². The van der Waals surface area contributed by atoms with Gasteiger partial charge in [-0.05, 0) is 56.7 Å². The number of halogens is 1. The summed E-state index contributed by atoms with van der Waals surface area (Å²) in [6.07, 6.45) is 0.899. The number of pyridine rings is 1. The summed E-state index contributed by atoms with van der Waals surface area (Å²) in [6, 6.07) is 16.6. The van der Waals surface area contributed by atoms with Crippen LogP contribution in [0, 0.1) is 6.92 Å². The minimum Gasteiger partial charge on any atom is -0.487 e. The molecule has 1 unspecified atom stereocenters. The molecule has 0 radical (unpaired) electrons. The van der Waals surface area contributed by atoms with Crippen molar-refractivity contribution >= 4 is 28.2 Å². The fourth-order valence-corrected chi connectivity index (χ4v) is 4.14. The molecule has 28 heavy (non-hydrogen) atoms. The fourth-order valence-electron chi connectivity index (χ4n) is 3.89. The van der Waals surface area contributed by atoms with Crippen molar-refractivity contribution in [1.29, 1.82) is 0 Å². The summed E-state index contributed by atoms with van der Waals surface area (Å²) in [5, 5.41) is 8.76. The van der Waals surface area contributed by atoms with Crippen LogP contribution in [0.1, 0.15) is 37.4 Å². The first kappa shape index (κ1) is 19.0. The maximum absolute atomic E-state index is 6.30. The molecule has 0 aliphatic carbocycles. The summed E-state index contributed by atoms with van der Waals surface area (Å²) in [4.78, 5) is 4.52. The van der Waals surface area contributed by atoms with E-state index in [1.165, 1.54) is 0 Å². The molecule has 2 heterocycles. The number of benzene rings is 2. The van der Waals surface area contributed by atoms with Gasteiger partial charge in [0.1, 0.15) is 16.5 Å². The molecule has 2 aromatic carbocycles. The number of fused-ring (bicyclic) bond motifs is 2. The van der Waals surface area contributed by atoms with E-state index in [1.807, 2.05) is 24.3 Å². The molecular formula is C23H26ClN3O. The number of hydrogen-bond donors (Lipinski definition) is 2. The molecule has 0 bridgehead atoms. The Morgan fingerprint density at radius 1 is 1.14 bits per heavy atom. The predicted octanol–water partition coefficient (Wildman–Crippen LogP) is 5.50. The summed E-state index contributed by atoms with van der Waals surface area (Å²) in [5.41, 5.74) is 4.10. The third-order valence-electron chi connectivity index (χ3n) is 5.19. The van der Waals surface area contributed by atoms with Gasteiger partial charge < -0.3 is 15.4 Å². The van der Waals surface area contributed by atoms with Gasteiger partial charge in [0, 0.05) is 42.2 Å². The molecule has 1 aliphatic rings. The first-order valence-corrected chi connectivity index (χ1v) is 10.1. The van der Waals surface area contributed by atoms with Crippen molar-refractivity contribution in [3.8, 4) is 5.75 Å². The maximum Gasteiger partial charge on any atom is 0.130 e. The van der Waals surface area contributed by atoms with Crippen molar-refractivity contribution in [3.05, 3.63) is 64.8 Å². The summed E-state index contributed by atoms with van der Waals surface area (Å²) < 4.78 is 6.30. The molecule has 146 valence electrons. The molecule has 0 saturated heterocycles. The molecular weight excluding hydrogens is 370 g/mol. The molecule has 1 aromatic heterocycles. The topological polar surface area (TPSA) is 46.2 Å². The first-order chi connectivity index (χ1) is 13.4. The molecule has 3 aromatic rings. The molecule has 0 fully saturated rings. The van der Waals surface area contributed by atoms with Crippen LogP contribution >= 0.6 is 11.6 Å². The number of anilines is 1. The molecule has 2 N–H and O–H groups in total. The van der Waals surface area contributed by atoms with Crippen LogP contribution in [0.4, 0.5) is 5.69 Å². The lowest BCUT2D eigenvalue weighted by molar-refractivity contribution is 0.0666. The van der Waals surface area contributed by atoms with Crippen LogP contribution in [-0.2, 0) is 0 Å². The van der Waals surface area contributed by atoms with Crippen LogP contribution in [-0.4, -0.2) is 23.7 Å². The van der Waals surface area contributed by atoms with Gasteiger partial charge in [-0.1, -0.05) is 29.8 Å². The van der Waals surface area contributed by atoms with E-state index in [2.05, 4.69) is 60.7 Å². The van der Waals surface area contributed by atoms with Crippen molar-refractivity contribution in [2.45, 2.75) is 38.8 Å². The van der Waals surface area contributed by atoms with Gasteiger partial charge in [-0.15, -0.1) is 0 Å². The van der Waals surface area contributed by atoms with Crippen molar-refractivity contribution in [2.24, 2.45) is 0 Å². The lowest BCUT2D eigenvalue weighted by Crippen LogP contribution is -2.40. The van der Waals surface area contributed by atoms with Crippen LogP contribution in [0.15, 0.2) is 48.5 Å². The first-order valence-electron chi connectivity index (χ1n) is 9.73. The number of para-hydroxylation sites is 1. The Labute approximate surface area is 171 Å². The molecule has 0 saturated carbocycles. The Hall–Kier alpha value is -2.30. The summed E-state index contributed by atoms with van der Waals surface area (Å²) in [7, 11) is 0. The summed E-state index contributed by atoms with van der Waals surface area (Å²) in [5.74, 6) is 0.935. The molecule has 0 amide bonds. The lowest BCUT2D eigenvalue weighted by atomic mass is 9.88. The van der Waals surface area contributed by atoms with E-state index in [9.17, 15) is 0 Å². The minimum absolute atomic E-state index is 0.210. The highest BCUT2D eigenvalue weighted by Crippen LogP contribution is 2.42. The average Bonchev–Trinajstić information content (AvgIpc) is 2.64. The number of aryl methyl sites for hydroxylation is 1.